The predicted octanol–water partition coefficient (Wildman–Crippen LogP) is 6.58. The van der Waals surface area contributed by atoms with Gasteiger partial charge in [-0.1, -0.05) is 31.5 Å². The van der Waals surface area contributed by atoms with Gasteiger partial charge in [0.15, 0.2) is 5.65 Å². The maximum Gasteiger partial charge on any atom is 0.306 e. The molecule has 0 bridgehead atoms. The van der Waals surface area contributed by atoms with E-state index in [0.717, 1.165) is 53.1 Å². The molecule has 0 radical (unpaired) electrons. The highest BCUT2D eigenvalue weighted by molar-refractivity contribution is 5.98. The van der Waals surface area contributed by atoms with Gasteiger partial charge in [0.25, 0.3) is 0 Å². The van der Waals surface area contributed by atoms with E-state index < -0.39 is 5.60 Å². The fraction of sp³-hybridized carbons (Fsp3) is 0.400. The number of anilines is 1. The molecule has 0 saturated heterocycles. The molecule has 2 aromatic carbocycles. The summed E-state index contributed by atoms with van der Waals surface area (Å²) in [6.07, 6.45) is 4.66. The molecule has 38 heavy (non-hydrogen) atoms. The molecule has 1 aliphatic carbocycles. The standard InChI is InChI=1S/C30H35N5O3/c1-5-19-15-22(16-21(19)17-25(36)38-30(2,3)4)35-29-26(28(31)32-18-33-29)27(34-35)20-11-13-24(14-12-20)37-23-9-7-6-8-10-23/h6-14,18-19,21-22H,5,15-17H2,1-4H3,(H2,31,32,33)/t19-,21-,22+/m1/s1. The molecule has 5 rings (SSSR count). The Kier molecular flexibility index (Phi) is 7.06. The number of carbonyl (C=O) groups is 1. The Labute approximate surface area is 223 Å². The molecule has 4 aromatic rings. The van der Waals surface area contributed by atoms with Crippen LogP contribution in [-0.4, -0.2) is 31.3 Å². The molecule has 2 heterocycles. The number of fused-ring (bicyclic) bond motifs is 1. The largest absolute Gasteiger partial charge is 0.460 e. The Morgan fingerprint density at radius 3 is 2.37 bits per heavy atom. The van der Waals surface area contributed by atoms with Gasteiger partial charge in [0.05, 0.1) is 11.4 Å². The van der Waals surface area contributed by atoms with Crippen molar-refractivity contribution in [1.29, 1.82) is 0 Å². The van der Waals surface area contributed by atoms with Crippen LogP contribution in [0.2, 0.25) is 0 Å². The van der Waals surface area contributed by atoms with Gasteiger partial charge in [-0.25, -0.2) is 14.6 Å². The van der Waals surface area contributed by atoms with E-state index in [1.165, 1.54) is 6.33 Å². The highest BCUT2D eigenvalue weighted by Crippen LogP contribution is 2.45. The van der Waals surface area contributed by atoms with Crippen LogP contribution in [-0.2, 0) is 9.53 Å². The molecule has 8 heteroatoms. The number of nitrogens with two attached hydrogens (primary N) is 1. The monoisotopic (exact) mass is 513 g/mol. The summed E-state index contributed by atoms with van der Waals surface area (Å²) in [4.78, 5) is 21.5. The zero-order chi connectivity index (χ0) is 26.9. The maximum absolute atomic E-state index is 12.6. The highest BCUT2D eigenvalue weighted by Gasteiger charge is 2.38. The number of ether oxygens (including phenoxy) is 2. The summed E-state index contributed by atoms with van der Waals surface area (Å²) in [5.41, 5.74) is 8.24. The fourth-order valence-electron chi connectivity index (χ4n) is 5.48. The molecule has 8 nitrogen and oxygen atoms in total. The molecule has 3 atom stereocenters. The van der Waals surface area contributed by atoms with Gasteiger partial charge in [0.2, 0.25) is 0 Å². The van der Waals surface area contributed by atoms with Crippen molar-refractivity contribution in [3.05, 3.63) is 60.9 Å². The summed E-state index contributed by atoms with van der Waals surface area (Å²) in [6, 6.07) is 17.6. The van der Waals surface area contributed by atoms with Gasteiger partial charge >= 0.3 is 5.97 Å². The van der Waals surface area contributed by atoms with E-state index >= 15 is 0 Å². The van der Waals surface area contributed by atoms with E-state index in [2.05, 4.69) is 16.9 Å². The molecule has 1 aliphatic rings. The van der Waals surface area contributed by atoms with Gasteiger partial charge in [-0.3, -0.25) is 4.79 Å². The lowest BCUT2D eigenvalue weighted by molar-refractivity contribution is -0.156. The Morgan fingerprint density at radius 2 is 1.68 bits per heavy atom. The first-order valence-electron chi connectivity index (χ1n) is 13.3. The van der Waals surface area contributed by atoms with E-state index in [0.29, 0.717) is 18.2 Å². The maximum atomic E-state index is 12.6. The Balaban J connectivity index is 1.43. The minimum Gasteiger partial charge on any atom is -0.460 e. The Morgan fingerprint density at radius 1 is 1.00 bits per heavy atom. The highest BCUT2D eigenvalue weighted by atomic mass is 16.6. The Hall–Kier alpha value is -3.94. The molecular weight excluding hydrogens is 478 g/mol. The van der Waals surface area contributed by atoms with E-state index in [1.807, 2.05) is 80.1 Å². The number of esters is 1. The number of nitrogen functional groups attached to an aromatic ring is 1. The van der Waals surface area contributed by atoms with E-state index in [9.17, 15) is 4.79 Å². The van der Waals surface area contributed by atoms with Crippen LogP contribution in [0.4, 0.5) is 5.82 Å². The van der Waals surface area contributed by atoms with Crippen molar-refractivity contribution in [3.8, 4) is 22.8 Å². The van der Waals surface area contributed by atoms with Crippen LogP contribution in [0.25, 0.3) is 22.3 Å². The van der Waals surface area contributed by atoms with Crippen molar-refractivity contribution in [3.63, 3.8) is 0 Å². The number of hydrogen-bond donors (Lipinski definition) is 1. The molecule has 2 aromatic heterocycles. The minimum absolute atomic E-state index is 0.110. The number of para-hydroxylation sites is 1. The summed E-state index contributed by atoms with van der Waals surface area (Å²) in [5, 5.41) is 5.78. The summed E-state index contributed by atoms with van der Waals surface area (Å²) < 4.78 is 13.6. The first-order valence-corrected chi connectivity index (χ1v) is 13.3. The van der Waals surface area contributed by atoms with Crippen LogP contribution < -0.4 is 10.5 Å². The first-order chi connectivity index (χ1) is 18.2. The molecular formula is C30H35N5O3. The SMILES string of the molecule is CC[C@@H]1C[C@H](n2nc(-c3ccc(Oc4ccccc4)cc3)c3c(N)ncnc32)C[C@@H]1CC(=O)OC(C)(C)C. The molecule has 0 unspecified atom stereocenters. The lowest BCUT2D eigenvalue weighted by Gasteiger charge is -2.22. The third-order valence-electron chi connectivity index (χ3n) is 7.16. The van der Waals surface area contributed by atoms with Crippen molar-refractivity contribution >= 4 is 22.8 Å². The van der Waals surface area contributed by atoms with Crippen LogP contribution >= 0.6 is 0 Å². The molecule has 2 N–H and O–H groups in total. The van der Waals surface area contributed by atoms with Gasteiger partial charge in [0, 0.05) is 12.0 Å². The number of benzene rings is 2. The second kappa shape index (κ2) is 10.4. The smallest absolute Gasteiger partial charge is 0.306 e. The summed E-state index contributed by atoms with van der Waals surface area (Å²) in [5.74, 6) is 2.41. The van der Waals surface area contributed by atoms with Crippen molar-refractivity contribution in [1.82, 2.24) is 19.7 Å². The third-order valence-corrected chi connectivity index (χ3v) is 7.16. The molecule has 1 saturated carbocycles. The van der Waals surface area contributed by atoms with Crippen LogP contribution in [0.5, 0.6) is 11.5 Å². The predicted molar refractivity (Wildman–Crippen MR) is 148 cm³/mol. The number of nitrogens with zero attached hydrogens (tertiary/aromatic N) is 4. The topological polar surface area (TPSA) is 105 Å². The van der Waals surface area contributed by atoms with E-state index in [1.54, 1.807) is 0 Å². The third kappa shape index (κ3) is 5.49. The second-order valence-corrected chi connectivity index (χ2v) is 11.0. The van der Waals surface area contributed by atoms with E-state index in [4.69, 9.17) is 20.3 Å². The zero-order valence-corrected chi connectivity index (χ0v) is 22.4. The molecule has 0 spiro atoms. The van der Waals surface area contributed by atoms with Gasteiger partial charge in [-0.15, -0.1) is 0 Å². The van der Waals surface area contributed by atoms with Crippen molar-refractivity contribution < 1.29 is 14.3 Å². The Bertz CT molecular complexity index is 1410. The van der Waals surface area contributed by atoms with Crippen LogP contribution in [0, 0.1) is 11.8 Å². The van der Waals surface area contributed by atoms with Crippen LogP contribution in [0.3, 0.4) is 0 Å². The molecule has 198 valence electrons. The van der Waals surface area contributed by atoms with Gasteiger partial charge in [-0.2, -0.15) is 5.10 Å². The lowest BCUT2D eigenvalue weighted by Crippen LogP contribution is -2.26. The summed E-state index contributed by atoms with van der Waals surface area (Å²) >= 11 is 0. The zero-order valence-electron chi connectivity index (χ0n) is 22.4. The number of carbonyl (C=O) groups excluding carboxylic acids is 1. The van der Waals surface area contributed by atoms with Gasteiger partial charge in [0.1, 0.15) is 34.9 Å². The number of aromatic nitrogens is 4. The molecule has 0 amide bonds. The lowest BCUT2D eigenvalue weighted by atomic mass is 9.91. The normalized spacial score (nSPS) is 19.5. The summed E-state index contributed by atoms with van der Waals surface area (Å²) in [6.45, 7) is 7.89. The average Bonchev–Trinajstić information content (AvgIpc) is 3.46. The van der Waals surface area contributed by atoms with E-state index in [-0.39, 0.29) is 17.9 Å². The minimum atomic E-state index is -0.486. The molecule has 0 aliphatic heterocycles. The van der Waals surface area contributed by atoms with Crippen molar-refractivity contribution in [2.75, 3.05) is 5.73 Å². The van der Waals surface area contributed by atoms with Crippen molar-refractivity contribution in [2.45, 2.75) is 65.0 Å². The van der Waals surface area contributed by atoms with Gasteiger partial charge < -0.3 is 15.2 Å². The van der Waals surface area contributed by atoms with Crippen LogP contribution in [0.1, 0.15) is 59.4 Å². The fourth-order valence-corrected chi connectivity index (χ4v) is 5.48. The van der Waals surface area contributed by atoms with Gasteiger partial charge in [-0.05, 0) is 81.8 Å². The number of rotatable bonds is 7. The first kappa shape index (κ1) is 25.7. The average molecular weight is 514 g/mol. The molecule has 1 fully saturated rings. The second-order valence-electron chi connectivity index (χ2n) is 11.0. The quantitative estimate of drug-likeness (QED) is 0.278. The number of hydrogen-bond acceptors (Lipinski definition) is 7. The van der Waals surface area contributed by atoms with Crippen LogP contribution in [0.15, 0.2) is 60.9 Å². The summed E-state index contributed by atoms with van der Waals surface area (Å²) in [7, 11) is 0. The van der Waals surface area contributed by atoms with Crippen molar-refractivity contribution in [2.24, 2.45) is 11.8 Å².